The Morgan fingerprint density at radius 2 is 1.29 bits per heavy atom. The van der Waals surface area contributed by atoms with Crippen molar-refractivity contribution in [2.45, 2.75) is 67.7 Å². The fourth-order valence-electron chi connectivity index (χ4n) is 6.08. The molecule has 4 aliphatic rings. The molecule has 0 unspecified atom stereocenters. The van der Waals surface area contributed by atoms with Crippen LogP contribution in [-0.4, -0.2) is 39.8 Å². The minimum atomic E-state index is -3.67. The van der Waals surface area contributed by atoms with E-state index in [1.165, 1.54) is 47.8 Å². The molecule has 8 heteroatoms. The maximum atomic E-state index is 13.1. The summed E-state index contributed by atoms with van der Waals surface area (Å²) in [5, 5.41) is 0. The molecule has 4 fully saturated rings. The number of nitrogens with one attached hydrogen (secondary N) is 1. The van der Waals surface area contributed by atoms with Gasteiger partial charge in [0, 0.05) is 18.6 Å². The topological polar surface area (TPSA) is 83.6 Å². The van der Waals surface area contributed by atoms with Crippen molar-refractivity contribution < 1.29 is 16.8 Å². The van der Waals surface area contributed by atoms with Gasteiger partial charge in [-0.3, -0.25) is 0 Å². The molecule has 0 radical (unpaired) electrons. The molecule has 0 spiro atoms. The molecule has 4 bridgehead atoms. The fraction of sp³-hybridized carbons (Fsp3) is 0.700. The highest BCUT2D eigenvalue weighted by Gasteiger charge is 2.52. The summed E-state index contributed by atoms with van der Waals surface area (Å²) in [5.41, 5.74) is -0.306. The van der Waals surface area contributed by atoms with Crippen molar-refractivity contribution in [3.63, 3.8) is 0 Å². The van der Waals surface area contributed by atoms with E-state index in [1.54, 1.807) is 13.8 Å². The van der Waals surface area contributed by atoms with Crippen LogP contribution in [0.3, 0.4) is 0 Å². The molecular weight excluding hydrogens is 396 g/mol. The number of hydrogen-bond donors (Lipinski definition) is 1. The van der Waals surface area contributed by atoms with E-state index in [0.29, 0.717) is 30.8 Å². The number of hydrogen-bond acceptors (Lipinski definition) is 4. The molecule has 1 aromatic carbocycles. The Hall–Kier alpha value is -0.960. The summed E-state index contributed by atoms with van der Waals surface area (Å²) in [4.78, 5) is 0.270. The van der Waals surface area contributed by atoms with Crippen LogP contribution in [0.4, 0.5) is 0 Å². The lowest BCUT2D eigenvalue weighted by atomic mass is 9.53. The van der Waals surface area contributed by atoms with E-state index in [0.717, 1.165) is 19.3 Å². The zero-order chi connectivity index (χ0) is 20.2. The van der Waals surface area contributed by atoms with Gasteiger partial charge in [0.2, 0.25) is 20.0 Å². The van der Waals surface area contributed by atoms with Crippen LogP contribution in [0.5, 0.6) is 0 Å². The highest BCUT2D eigenvalue weighted by Crippen LogP contribution is 2.55. The summed E-state index contributed by atoms with van der Waals surface area (Å²) in [6, 6.07) is 5.64. The van der Waals surface area contributed by atoms with E-state index in [9.17, 15) is 16.8 Å². The first kappa shape index (κ1) is 20.3. The van der Waals surface area contributed by atoms with Crippen LogP contribution < -0.4 is 4.72 Å². The maximum absolute atomic E-state index is 13.1. The molecule has 5 rings (SSSR count). The van der Waals surface area contributed by atoms with E-state index < -0.39 is 20.0 Å². The average Bonchev–Trinajstić information content (AvgIpc) is 2.60. The molecule has 4 saturated carbocycles. The van der Waals surface area contributed by atoms with E-state index in [-0.39, 0.29) is 15.3 Å². The molecule has 0 amide bonds. The third-order valence-corrected chi connectivity index (χ3v) is 10.5. The lowest BCUT2D eigenvalue weighted by Crippen LogP contribution is -2.59. The third kappa shape index (κ3) is 3.53. The van der Waals surface area contributed by atoms with Gasteiger partial charge in [0.15, 0.2) is 0 Å². The zero-order valence-electron chi connectivity index (χ0n) is 16.6. The number of benzene rings is 1. The number of nitrogens with zero attached hydrogens (tertiary/aromatic N) is 1. The molecule has 6 nitrogen and oxygen atoms in total. The van der Waals surface area contributed by atoms with Crippen molar-refractivity contribution in [1.82, 2.24) is 9.03 Å². The van der Waals surface area contributed by atoms with Crippen molar-refractivity contribution in [2.75, 3.05) is 13.1 Å². The Morgan fingerprint density at radius 1 is 0.857 bits per heavy atom. The van der Waals surface area contributed by atoms with Crippen LogP contribution in [-0.2, 0) is 20.0 Å². The Labute approximate surface area is 168 Å². The Bertz CT molecular complexity index is 900. The quantitative estimate of drug-likeness (QED) is 0.727. The Kier molecular flexibility index (Phi) is 5.13. The van der Waals surface area contributed by atoms with Crippen LogP contribution in [0.1, 0.15) is 52.4 Å². The molecule has 0 aliphatic heterocycles. The van der Waals surface area contributed by atoms with Crippen molar-refractivity contribution in [1.29, 1.82) is 0 Å². The van der Waals surface area contributed by atoms with Crippen molar-refractivity contribution in [3.05, 3.63) is 24.3 Å². The second kappa shape index (κ2) is 7.07. The zero-order valence-corrected chi connectivity index (χ0v) is 18.2. The molecule has 1 aromatic rings. The number of rotatable bonds is 7. The van der Waals surface area contributed by atoms with Gasteiger partial charge in [-0.05, 0) is 80.5 Å². The second-order valence-corrected chi connectivity index (χ2v) is 12.5. The first-order chi connectivity index (χ1) is 13.2. The molecule has 4 aliphatic carbocycles. The van der Waals surface area contributed by atoms with Gasteiger partial charge in [-0.15, -0.1) is 0 Å². The van der Waals surface area contributed by atoms with Crippen molar-refractivity contribution >= 4 is 20.0 Å². The fourth-order valence-corrected chi connectivity index (χ4v) is 8.97. The van der Waals surface area contributed by atoms with Gasteiger partial charge in [0.05, 0.1) is 9.79 Å². The Balaban J connectivity index is 1.56. The lowest BCUT2D eigenvalue weighted by Gasteiger charge is -2.56. The van der Waals surface area contributed by atoms with E-state index >= 15 is 0 Å². The van der Waals surface area contributed by atoms with Crippen LogP contribution in [0.15, 0.2) is 34.1 Å². The minimum Gasteiger partial charge on any atom is -0.207 e. The molecule has 0 atom stereocenters. The highest BCUT2D eigenvalue weighted by atomic mass is 32.2. The Morgan fingerprint density at radius 3 is 1.71 bits per heavy atom. The van der Waals surface area contributed by atoms with Gasteiger partial charge in [-0.2, -0.15) is 4.31 Å². The molecule has 0 saturated heterocycles. The molecular formula is C20H30N2O4S2. The summed E-state index contributed by atoms with van der Waals surface area (Å²) in [6.07, 6.45) is 6.56. The smallest absolute Gasteiger partial charge is 0.207 e. The normalized spacial score (nSPS) is 32.2. The summed E-state index contributed by atoms with van der Waals surface area (Å²) >= 11 is 0. The van der Waals surface area contributed by atoms with Gasteiger partial charge in [-0.1, -0.05) is 13.8 Å². The summed E-state index contributed by atoms with van der Waals surface area (Å²) in [6.45, 7) is 4.34. The standard InChI is InChI=1S/C20H30N2O4S2/c1-3-22(4-2)28(25,26)19-7-5-18(6-8-19)27(23,24)21-20-12-15-9-16(13-20)11-17(10-15)14-20/h5-8,15-17,21H,3-4,9-14H2,1-2H3. The van der Waals surface area contributed by atoms with Gasteiger partial charge in [0.1, 0.15) is 0 Å². The molecule has 0 heterocycles. The average molecular weight is 427 g/mol. The van der Waals surface area contributed by atoms with Crippen LogP contribution in [0.25, 0.3) is 0 Å². The van der Waals surface area contributed by atoms with Crippen LogP contribution in [0.2, 0.25) is 0 Å². The number of sulfonamides is 2. The van der Waals surface area contributed by atoms with Crippen molar-refractivity contribution in [2.24, 2.45) is 17.8 Å². The summed E-state index contributed by atoms with van der Waals surface area (Å²) < 4.78 is 55.7. The SMILES string of the molecule is CCN(CC)S(=O)(=O)c1ccc(S(=O)(=O)NC23CC4CC(CC(C4)C2)C3)cc1. The second-order valence-electron chi connectivity index (χ2n) is 8.86. The van der Waals surface area contributed by atoms with Gasteiger partial charge < -0.3 is 0 Å². The maximum Gasteiger partial charge on any atom is 0.243 e. The van der Waals surface area contributed by atoms with Crippen molar-refractivity contribution in [3.8, 4) is 0 Å². The summed E-state index contributed by atoms with van der Waals surface area (Å²) in [7, 11) is -7.26. The predicted octanol–water partition coefficient (Wildman–Crippen LogP) is 2.96. The van der Waals surface area contributed by atoms with Gasteiger partial charge >= 0.3 is 0 Å². The summed E-state index contributed by atoms with van der Waals surface area (Å²) in [5.74, 6) is 1.95. The van der Waals surface area contributed by atoms with E-state index in [2.05, 4.69) is 4.72 Å². The monoisotopic (exact) mass is 426 g/mol. The largest absolute Gasteiger partial charge is 0.243 e. The first-order valence-electron chi connectivity index (χ1n) is 10.3. The predicted molar refractivity (Wildman–Crippen MR) is 108 cm³/mol. The van der Waals surface area contributed by atoms with Crippen LogP contribution >= 0.6 is 0 Å². The first-order valence-corrected chi connectivity index (χ1v) is 13.2. The van der Waals surface area contributed by atoms with E-state index in [1.807, 2.05) is 0 Å². The highest BCUT2D eigenvalue weighted by molar-refractivity contribution is 7.89. The lowest BCUT2D eigenvalue weighted by molar-refractivity contribution is -0.00810. The molecule has 156 valence electrons. The van der Waals surface area contributed by atoms with Gasteiger partial charge in [0.25, 0.3) is 0 Å². The van der Waals surface area contributed by atoms with E-state index in [4.69, 9.17) is 0 Å². The molecule has 1 N–H and O–H groups in total. The molecule has 0 aromatic heterocycles. The van der Waals surface area contributed by atoms with Gasteiger partial charge in [-0.25, -0.2) is 21.6 Å². The van der Waals surface area contributed by atoms with Crippen LogP contribution in [0, 0.1) is 17.8 Å². The minimum absolute atomic E-state index is 0.130. The molecule has 28 heavy (non-hydrogen) atoms. The third-order valence-electron chi connectivity index (χ3n) is 6.87.